The quantitative estimate of drug-likeness (QED) is 0.158. The monoisotopic (exact) mass is 848 g/mol. The first kappa shape index (κ1) is 41.6. The Morgan fingerprint density at radius 1 is 0.930 bits per heavy atom. The molecular formula is C45H61BrN4O7. The lowest BCUT2D eigenvalue weighted by Crippen LogP contribution is -2.69. The van der Waals surface area contributed by atoms with Crippen LogP contribution in [-0.4, -0.2) is 57.6 Å². The minimum absolute atomic E-state index is 0.0283. The Hall–Kier alpha value is -3.54. The summed E-state index contributed by atoms with van der Waals surface area (Å²) in [5, 5.41) is 12.1. The van der Waals surface area contributed by atoms with E-state index in [9.17, 15) is 19.2 Å². The molecule has 57 heavy (non-hydrogen) atoms. The summed E-state index contributed by atoms with van der Waals surface area (Å²) < 4.78 is 20.5. The molecule has 1 N–H and O–H groups in total. The van der Waals surface area contributed by atoms with Crippen LogP contribution in [0.15, 0.2) is 46.6 Å². The van der Waals surface area contributed by atoms with Crippen LogP contribution in [-0.2, 0) is 39.9 Å². The molecule has 2 aromatic rings. The maximum absolute atomic E-state index is 14.8. The molecule has 1 aromatic heterocycles. The average molecular weight is 850 g/mol. The Morgan fingerprint density at radius 3 is 2.35 bits per heavy atom. The zero-order valence-corrected chi connectivity index (χ0v) is 36.7. The van der Waals surface area contributed by atoms with Gasteiger partial charge in [0.25, 0.3) is 0 Å². The van der Waals surface area contributed by atoms with Crippen molar-refractivity contribution >= 4 is 39.7 Å². The molecule has 11 nitrogen and oxygen atoms in total. The summed E-state index contributed by atoms with van der Waals surface area (Å²) in [5.41, 5.74) is 1.09. The smallest absolute Gasteiger partial charge is 0.303 e. The van der Waals surface area contributed by atoms with E-state index in [4.69, 9.17) is 14.2 Å². The number of fused-ring (bicyclic) bond motifs is 7. The molecule has 12 atom stereocenters. The van der Waals surface area contributed by atoms with Crippen LogP contribution < -0.4 is 5.32 Å². The van der Waals surface area contributed by atoms with Gasteiger partial charge in [0.05, 0.1) is 23.8 Å². The van der Waals surface area contributed by atoms with E-state index in [1.807, 2.05) is 30.5 Å². The van der Waals surface area contributed by atoms with Gasteiger partial charge < -0.3 is 19.5 Å². The summed E-state index contributed by atoms with van der Waals surface area (Å²) >= 11 is 3.53. The molecule has 0 spiro atoms. The number of amides is 1. The summed E-state index contributed by atoms with van der Waals surface area (Å²) in [6, 6.07) is 7.87. The molecule has 5 aliphatic rings. The van der Waals surface area contributed by atoms with Crippen molar-refractivity contribution in [3.8, 4) is 5.69 Å². The second kappa shape index (κ2) is 14.9. The van der Waals surface area contributed by atoms with Gasteiger partial charge in [0.2, 0.25) is 5.91 Å². The van der Waals surface area contributed by atoms with E-state index < -0.39 is 40.9 Å². The number of nitrogens with zero attached hydrogens (tertiary/aromatic N) is 3. The minimum atomic E-state index is -0.785. The number of allylic oxidation sites excluding steroid dienone is 2. The Morgan fingerprint density at radius 2 is 1.67 bits per heavy atom. The van der Waals surface area contributed by atoms with Crippen LogP contribution in [0.4, 0.5) is 0 Å². The lowest BCUT2D eigenvalue weighted by molar-refractivity contribution is -0.255. The highest BCUT2D eigenvalue weighted by molar-refractivity contribution is 9.10. The second-order valence-electron chi connectivity index (χ2n) is 19.3. The first-order chi connectivity index (χ1) is 26.8. The van der Waals surface area contributed by atoms with E-state index in [1.54, 1.807) is 4.68 Å². The number of benzene rings is 1. The normalized spacial score (nSPS) is 39.5. The number of hydrogen-bond acceptors (Lipinski definition) is 9. The minimum Gasteiger partial charge on any atom is -0.465 e. The summed E-state index contributed by atoms with van der Waals surface area (Å²) in [7, 11) is 0. The maximum Gasteiger partial charge on any atom is 0.303 e. The third-order valence-electron chi connectivity index (χ3n) is 16.4. The van der Waals surface area contributed by atoms with E-state index in [0.29, 0.717) is 30.5 Å². The number of esters is 3. The SMILES string of the molecule is CC(=O)OC[C@@]1(C)[C@@H]2CC[C@]3(C)[C@H](CC=C4[C@@H]5[C@@H](C)[C@H](C)CC[C@]5(C(=O)NCc5cn(-c6cccc(Br)c6)nn5)CC[C@]43C)[C@@]2(C)C[C@@H](OC(C)=O)[C@@H]1OC(C)=O. The van der Waals surface area contributed by atoms with E-state index >= 15 is 0 Å². The Kier molecular flexibility index (Phi) is 10.9. The van der Waals surface area contributed by atoms with Crippen molar-refractivity contribution in [3.63, 3.8) is 0 Å². The lowest BCUT2D eigenvalue weighted by Gasteiger charge is -2.72. The highest BCUT2D eigenvalue weighted by Crippen LogP contribution is 2.76. The van der Waals surface area contributed by atoms with Gasteiger partial charge in [0.1, 0.15) is 24.5 Å². The lowest BCUT2D eigenvalue weighted by atomic mass is 9.33. The predicted molar refractivity (Wildman–Crippen MR) is 217 cm³/mol. The molecule has 0 unspecified atom stereocenters. The number of carbonyl (C=O) groups is 4. The van der Waals surface area contributed by atoms with E-state index in [-0.39, 0.29) is 46.5 Å². The van der Waals surface area contributed by atoms with Gasteiger partial charge in [-0.15, -0.1) is 5.10 Å². The molecule has 0 bridgehead atoms. The highest BCUT2D eigenvalue weighted by Gasteiger charge is 2.72. The third kappa shape index (κ3) is 6.77. The number of carbonyl (C=O) groups excluding carboxylic acids is 4. The largest absolute Gasteiger partial charge is 0.465 e. The van der Waals surface area contributed by atoms with Crippen LogP contribution >= 0.6 is 15.9 Å². The standard InChI is InChI=1S/C45H61BrN4O7/c1-26-15-18-45(40(54)47-23-32-24-50(49-48-32)33-12-10-11-31(46)21-33)20-19-43(8)34(38(45)27(26)2)13-14-37-41(6)22-35(56-29(4)52)39(57-30(5)53)42(7,25-55-28(3)51)36(41)16-17-44(37,43)9/h10-13,21,24,26-27,35-39H,14-20,22-23,25H2,1-9H3,(H,47,54)/t26-,27+,35-,36-,37-,38+,39+,41+,42+,43-,44-,45+/m1/s1. The van der Waals surface area contributed by atoms with Crippen molar-refractivity contribution in [1.82, 2.24) is 20.3 Å². The molecule has 0 saturated heterocycles. The molecule has 7 rings (SSSR count). The van der Waals surface area contributed by atoms with Crippen molar-refractivity contribution in [2.75, 3.05) is 6.61 Å². The maximum atomic E-state index is 14.8. The molecule has 5 aliphatic carbocycles. The predicted octanol–water partition coefficient (Wildman–Crippen LogP) is 8.32. The topological polar surface area (TPSA) is 139 Å². The number of halogens is 1. The van der Waals surface area contributed by atoms with Gasteiger partial charge in [0.15, 0.2) is 0 Å². The van der Waals surface area contributed by atoms with Crippen LogP contribution in [0.5, 0.6) is 0 Å². The fourth-order valence-electron chi connectivity index (χ4n) is 13.4. The molecule has 4 saturated carbocycles. The fourth-order valence-corrected chi connectivity index (χ4v) is 13.8. The molecule has 12 heteroatoms. The fraction of sp³-hybridized carbons (Fsp3) is 0.689. The third-order valence-corrected chi connectivity index (χ3v) is 16.9. The van der Waals surface area contributed by atoms with Crippen LogP contribution in [0.25, 0.3) is 5.69 Å². The van der Waals surface area contributed by atoms with Crippen molar-refractivity contribution in [2.24, 2.45) is 56.7 Å². The van der Waals surface area contributed by atoms with Crippen molar-refractivity contribution in [2.45, 2.75) is 132 Å². The van der Waals surface area contributed by atoms with Crippen LogP contribution in [0.2, 0.25) is 0 Å². The summed E-state index contributed by atoms with van der Waals surface area (Å²) in [4.78, 5) is 52.3. The zero-order valence-electron chi connectivity index (χ0n) is 35.2. The molecule has 0 aliphatic heterocycles. The average Bonchev–Trinajstić information content (AvgIpc) is 3.62. The summed E-state index contributed by atoms with van der Waals surface area (Å²) in [6.07, 6.45) is 9.66. The summed E-state index contributed by atoms with van der Waals surface area (Å²) in [6.45, 7) is 18.6. The first-order valence-corrected chi connectivity index (χ1v) is 21.7. The number of aromatic nitrogens is 3. The molecule has 1 heterocycles. The van der Waals surface area contributed by atoms with Crippen molar-refractivity contribution < 1.29 is 33.4 Å². The highest BCUT2D eigenvalue weighted by atomic mass is 79.9. The first-order valence-electron chi connectivity index (χ1n) is 20.9. The number of rotatable bonds is 8. The van der Waals surface area contributed by atoms with Gasteiger partial charge >= 0.3 is 17.9 Å². The Labute approximate surface area is 345 Å². The molecule has 1 amide bonds. The van der Waals surface area contributed by atoms with Gasteiger partial charge in [-0.05, 0) is 115 Å². The number of ether oxygens (including phenoxy) is 3. The molecule has 310 valence electrons. The van der Waals surface area contributed by atoms with Gasteiger partial charge in [-0.1, -0.05) is 80.4 Å². The Balaban J connectivity index is 1.22. The molecular weight excluding hydrogens is 788 g/mol. The molecule has 4 fully saturated rings. The number of hydrogen-bond donors (Lipinski definition) is 1. The van der Waals surface area contributed by atoms with E-state index in [2.05, 4.69) is 79.2 Å². The zero-order chi connectivity index (χ0) is 41.3. The van der Waals surface area contributed by atoms with Crippen molar-refractivity contribution in [3.05, 3.63) is 52.3 Å². The van der Waals surface area contributed by atoms with Crippen molar-refractivity contribution in [1.29, 1.82) is 0 Å². The van der Waals surface area contributed by atoms with Crippen LogP contribution in [0, 0.1) is 56.7 Å². The van der Waals surface area contributed by atoms with Gasteiger partial charge in [-0.25, -0.2) is 4.68 Å². The summed E-state index contributed by atoms with van der Waals surface area (Å²) in [5.74, 6) is -0.0359. The number of nitrogens with one attached hydrogen (secondary N) is 1. The second-order valence-corrected chi connectivity index (χ2v) is 20.2. The molecule has 1 aromatic carbocycles. The molecule has 0 radical (unpaired) electrons. The van der Waals surface area contributed by atoms with E-state index in [0.717, 1.165) is 55.1 Å². The van der Waals surface area contributed by atoms with Crippen LogP contribution in [0.3, 0.4) is 0 Å². The van der Waals surface area contributed by atoms with E-state index in [1.165, 1.54) is 26.3 Å². The van der Waals surface area contributed by atoms with Gasteiger partial charge in [-0.2, -0.15) is 0 Å². The Bertz CT molecular complexity index is 1970. The van der Waals surface area contributed by atoms with Crippen LogP contribution in [0.1, 0.15) is 119 Å². The van der Waals surface area contributed by atoms with Gasteiger partial charge in [0, 0.05) is 30.7 Å². The van der Waals surface area contributed by atoms with Gasteiger partial charge in [-0.3, -0.25) is 19.2 Å².